The lowest BCUT2D eigenvalue weighted by atomic mass is 10.2. The lowest BCUT2D eigenvalue weighted by Crippen LogP contribution is -2.01. The minimum absolute atomic E-state index is 0.267. The average molecular weight is 266 g/mol. The maximum absolute atomic E-state index is 13.2. The molecule has 0 aliphatic rings. The Bertz CT molecular complexity index is 572. The zero-order valence-electron chi connectivity index (χ0n) is 9.91. The molecule has 0 aliphatic heterocycles. The van der Waals surface area contributed by atoms with E-state index in [1.165, 1.54) is 12.1 Å². The zero-order valence-corrected chi connectivity index (χ0v) is 10.7. The summed E-state index contributed by atoms with van der Waals surface area (Å²) < 4.78 is 18.9. The summed E-state index contributed by atoms with van der Waals surface area (Å²) in [6.45, 7) is 2.12. The van der Waals surface area contributed by atoms with E-state index in [1.54, 1.807) is 24.3 Å². The fraction of sp³-hybridized carbons (Fsp3) is 0.143. The molecule has 0 saturated carbocycles. The first-order valence-corrected chi connectivity index (χ1v) is 5.91. The van der Waals surface area contributed by atoms with Gasteiger partial charge in [0.2, 0.25) is 0 Å². The predicted octanol–water partition coefficient (Wildman–Crippen LogP) is 4.04. The second-order valence-corrected chi connectivity index (χ2v) is 4.34. The topological polar surface area (TPSA) is 35.2 Å². The Hall–Kier alpha value is -1.58. The van der Waals surface area contributed by atoms with Gasteiger partial charge in [0, 0.05) is 23.2 Å². The fourth-order valence-corrected chi connectivity index (χ4v) is 1.88. The molecule has 0 amide bonds. The fourth-order valence-electron chi connectivity index (χ4n) is 1.63. The van der Waals surface area contributed by atoms with E-state index in [9.17, 15) is 4.39 Å². The Balaban J connectivity index is 2.40. The third-order valence-corrected chi connectivity index (χ3v) is 3.00. The number of ether oxygens (including phenoxy) is 1. The Kier molecular flexibility index (Phi) is 3.84. The SMILES string of the molecule is Cc1ccc(F)cc1Oc1cccc(Cl)c1CN. The van der Waals surface area contributed by atoms with Crippen molar-refractivity contribution in [3.05, 3.63) is 58.4 Å². The van der Waals surface area contributed by atoms with Crippen molar-refractivity contribution in [2.75, 3.05) is 0 Å². The van der Waals surface area contributed by atoms with Crippen LogP contribution in [-0.2, 0) is 6.54 Å². The van der Waals surface area contributed by atoms with Gasteiger partial charge in [0.15, 0.2) is 0 Å². The van der Waals surface area contributed by atoms with Crippen LogP contribution in [0.1, 0.15) is 11.1 Å². The molecule has 0 unspecified atom stereocenters. The van der Waals surface area contributed by atoms with Crippen molar-refractivity contribution in [3.8, 4) is 11.5 Å². The molecule has 4 heteroatoms. The molecule has 2 N–H and O–H groups in total. The summed E-state index contributed by atoms with van der Waals surface area (Å²) in [5.41, 5.74) is 7.19. The van der Waals surface area contributed by atoms with Crippen molar-refractivity contribution in [3.63, 3.8) is 0 Å². The van der Waals surface area contributed by atoms with Gasteiger partial charge in [-0.2, -0.15) is 0 Å². The van der Waals surface area contributed by atoms with Crippen molar-refractivity contribution in [2.45, 2.75) is 13.5 Å². The van der Waals surface area contributed by atoms with Gasteiger partial charge in [-0.25, -0.2) is 4.39 Å². The van der Waals surface area contributed by atoms with E-state index in [2.05, 4.69) is 0 Å². The summed E-state index contributed by atoms with van der Waals surface area (Å²) in [5, 5.41) is 0.545. The summed E-state index contributed by atoms with van der Waals surface area (Å²) in [5.74, 6) is 0.678. The van der Waals surface area contributed by atoms with E-state index in [0.29, 0.717) is 22.1 Å². The largest absolute Gasteiger partial charge is 0.457 e. The van der Waals surface area contributed by atoms with E-state index in [0.717, 1.165) is 5.56 Å². The number of halogens is 2. The third-order valence-electron chi connectivity index (χ3n) is 2.65. The number of hydrogen-bond donors (Lipinski definition) is 1. The summed E-state index contributed by atoms with van der Waals surface area (Å²) in [6.07, 6.45) is 0. The Morgan fingerprint density at radius 2 is 2.00 bits per heavy atom. The lowest BCUT2D eigenvalue weighted by Gasteiger charge is -2.13. The van der Waals surface area contributed by atoms with Crippen LogP contribution in [-0.4, -0.2) is 0 Å². The molecule has 2 nitrogen and oxygen atoms in total. The van der Waals surface area contributed by atoms with Gasteiger partial charge < -0.3 is 10.5 Å². The van der Waals surface area contributed by atoms with Gasteiger partial charge in [-0.05, 0) is 30.7 Å². The van der Waals surface area contributed by atoms with Crippen LogP contribution in [0.5, 0.6) is 11.5 Å². The maximum atomic E-state index is 13.2. The Morgan fingerprint density at radius 1 is 1.22 bits per heavy atom. The van der Waals surface area contributed by atoms with Gasteiger partial charge in [0.1, 0.15) is 17.3 Å². The first-order chi connectivity index (χ1) is 8.61. The average Bonchev–Trinajstić information content (AvgIpc) is 2.34. The third kappa shape index (κ3) is 2.63. The molecule has 0 spiro atoms. The van der Waals surface area contributed by atoms with E-state index in [-0.39, 0.29) is 12.4 Å². The lowest BCUT2D eigenvalue weighted by molar-refractivity contribution is 0.467. The van der Waals surface area contributed by atoms with E-state index in [1.807, 2.05) is 6.92 Å². The highest BCUT2D eigenvalue weighted by Crippen LogP contribution is 2.31. The van der Waals surface area contributed by atoms with Gasteiger partial charge in [-0.15, -0.1) is 0 Å². The molecule has 94 valence electrons. The molecule has 0 aliphatic carbocycles. The zero-order chi connectivity index (χ0) is 13.1. The predicted molar refractivity (Wildman–Crippen MR) is 70.6 cm³/mol. The molecular formula is C14H13ClFNO. The van der Waals surface area contributed by atoms with Gasteiger partial charge in [-0.3, -0.25) is 0 Å². The summed E-state index contributed by atoms with van der Waals surface area (Å²) in [7, 11) is 0. The first-order valence-electron chi connectivity index (χ1n) is 5.53. The van der Waals surface area contributed by atoms with Crippen molar-refractivity contribution in [1.82, 2.24) is 0 Å². The van der Waals surface area contributed by atoms with Crippen LogP contribution in [0.25, 0.3) is 0 Å². The molecule has 0 bridgehead atoms. The highest BCUT2D eigenvalue weighted by atomic mass is 35.5. The van der Waals surface area contributed by atoms with Gasteiger partial charge >= 0.3 is 0 Å². The van der Waals surface area contributed by atoms with Crippen LogP contribution < -0.4 is 10.5 Å². The van der Waals surface area contributed by atoms with E-state index in [4.69, 9.17) is 22.1 Å². The molecule has 0 aromatic heterocycles. The second kappa shape index (κ2) is 5.38. The number of hydrogen-bond acceptors (Lipinski definition) is 2. The molecule has 0 saturated heterocycles. The van der Waals surface area contributed by atoms with Crippen LogP contribution in [0, 0.1) is 12.7 Å². The van der Waals surface area contributed by atoms with Crippen molar-refractivity contribution < 1.29 is 9.13 Å². The summed E-state index contributed by atoms with van der Waals surface area (Å²) in [4.78, 5) is 0. The minimum Gasteiger partial charge on any atom is -0.457 e. The van der Waals surface area contributed by atoms with Crippen LogP contribution in [0.3, 0.4) is 0 Å². The van der Waals surface area contributed by atoms with Crippen LogP contribution >= 0.6 is 11.6 Å². The molecular weight excluding hydrogens is 253 g/mol. The molecule has 0 atom stereocenters. The highest BCUT2D eigenvalue weighted by molar-refractivity contribution is 6.31. The molecule has 0 fully saturated rings. The molecule has 0 radical (unpaired) electrons. The molecule has 2 rings (SSSR count). The van der Waals surface area contributed by atoms with E-state index >= 15 is 0 Å². The van der Waals surface area contributed by atoms with Crippen LogP contribution in [0.2, 0.25) is 5.02 Å². The highest BCUT2D eigenvalue weighted by Gasteiger charge is 2.09. The first kappa shape index (κ1) is 12.9. The number of rotatable bonds is 3. The maximum Gasteiger partial charge on any atom is 0.133 e. The summed E-state index contributed by atoms with van der Waals surface area (Å²) >= 11 is 6.03. The Labute approximate surface area is 110 Å². The smallest absolute Gasteiger partial charge is 0.133 e. The normalized spacial score (nSPS) is 10.4. The molecule has 2 aromatic rings. The quantitative estimate of drug-likeness (QED) is 0.909. The summed E-state index contributed by atoms with van der Waals surface area (Å²) in [6, 6.07) is 9.68. The molecule has 2 aromatic carbocycles. The number of aryl methyl sites for hydroxylation is 1. The van der Waals surface area contributed by atoms with Crippen molar-refractivity contribution >= 4 is 11.6 Å². The van der Waals surface area contributed by atoms with Gasteiger partial charge in [0.05, 0.1) is 0 Å². The number of nitrogens with two attached hydrogens (primary N) is 1. The van der Waals surface area contributed by atoms with Crippen molar-refractivity contribution in [2.24, 2.45) is 5.73 Å². The molecule has 0 heterocycles. The van der Waals surface area contributed by atoms with Gasteiger partial charge in [0.25, 0.3) is 0 Å². The minimum atomic E-state index is -0.341. The van der Waals surface area contributed by atoms with Crippen LogP contribution in [0.15, 0.2) is 36.4 Å². The van der Waals surface area contributed by atoms with Gasteiger partial charge in [-0.1, -0.05) is 23.7 Å². The number of benzene rings is 2. The monoisotopic (exact) mass is 265 g/mol. The Morgan fingerprint density at radius 3 is 2.72 bits per heavy atom. The standard InChI is InChI=1S/C14H13ClFNO/c1-9-5-6-10(16)7-14(9)18-13-4-2-3-12(15)11(13)8-17/h2-7H,8,17H2,1H3. The van der Waals surface area contributed by atoms with Crippen LogP contribution in [0.4, 0.5) is 4.39 Å². The molecule has 18 heavy (non-hydrogen) atoms. The van der Waals surface area contributed by atoms with Crippen molar-refractivity contribution in [1.29, 1.82) is 0 Å². The second-order valence-electron chi connectivity index (χ2n) is 3.93. The van der Waals surface area contributed by atoms with E-state index < -0.39 is 0 Å².